The first-order valence-corrected chi connectivity index (χ1v) is 8.61. The summed E-state index contributed by atoms with van der Waals surface area (Å²) in [6.07, 6.45) is 6.34. The molecule has 0 aromatic carbocycles. The predicted molar refractivity (Wildman–Crippen MR) is 84.2 cm³/mol. The van der Waals surface area contributed by atoms with Crippen LogP contribution >= 0.6 is 0 Å². The summed E-state index contributed by atoms with van der Waals surface area (Å²) in [5.41, 5.74) is 0. The van der Waals surface area contributed by atoms with Gasteiger partial charge in [-0.25, -0.2) is 4.79 Å². The third-order valence-electron chi connectivity index (χ3n) is 4.94. The van der Waals surface area contributed by atoms with Crippen LogP contribution in [0.25, 0.3) is 0 Å². The zero-order chi connectivity index (χ0) is 15.1. The number of carbonyl (C=O) groups excluding carboxylic acids is 1. The van der Waals surface area contributed by atoms with Crippen molar-refractivity contribution in [2.75, 3.05) is 32.7 Å². The van der Waals surface area contributed by atoms with Crippen molar-refractivity contribution >= 4 is 6.03 Å². The van der Waals surface area contributed by atoms with Gasteiger partial charge >= 0.3 is 6.03 Å². The predicted octanol–water partition coefficient (Wildman–Crippen LogP) is 1.57. The van der Waals surface area contributed by atoms with E-state index in [0.29, 0.717) is 12.5 Å². The summed E-state index contributed by atoms with van der Waals surface area (Å²) in [5, 5.41) is 15.6. The summed E-state index contributed by atoms with van der Waals surface area (Å²) in [7, 11) is 0. The van der Waals surface area contributed by atoms with E-state index in [0.717, 1.165) is 38.9 Å². The van der Waals surface area contributed by atoms with Crippen LogP contribution in [0.2, 0.25) is 0 Å². The van der Waals surface area contributed by atoms with Crippen molar-refractivity contribution < 1.29 is 9.90 Å². The van der Waals surface area contributed by atoms with Gasteiger partial charge < -0.3 is 20.6 Å². The molecule has 21 heavy (non-hydrogen) atoms. The number of carbonyl (C=O) groups is 1. The van der Waals surface area contributed by atoms with Crippen LogP contribution in [0.4, 0.5) is 4.79 Å². The average molecular weight is 297 g/mol. The molecule has 0 unspecified atom stereocenters. The number of aliphatic hydroxyl groups excluding tert-OH is 1. The molecule has 1 saturated heterocycles. The number of likely N-dealkylation sites (tertiary alicyclic amines) is 1. The van der Waals surface area contributed by atoms with Crippen molar-refractivity contribution in [1.29, 1.82) is 0 Å². The molecule has 122 valence electrons. The van der Waals surface area contributed by atoms with Gasteiger partial charge in [0.2, 0.25) is 0 Å². The summed E-state index contributed by atoms with van der Waals surface area (Å²) < 4.78 is 0. The Bertz CT molecular complexity index is 317. The van der Waals surface area contributed by atoms with Gasteiger partial charge in [0.15, 0.2) is 0 Å². The van der Waals surface area contributed by atoms with E-state index in [1.165, 1.54) is 25.8 Å². The van der Waals surface area contributed by atoms with Crippen LogP contribution in [0.1, 0.15) is 45.4 Å². The van der Waals surface area contributed by atoms with E-state index in [2.05, 4.69) is 22.5 Å². The number of rotatable bonds is 6. The van der Waals surface area contributed by atoms with E-state index in [4.69, 9.17) is 0 Å². The maximum absolute atomic E-state index is 11.8. The Balaban J connectivity index is 1.55. The number of piperidine rings is 1. The second-order valence-corrected chi connectivity index (χ2v) is 6.63. The maximum Gasteiger partial charge on any atom is 0.314 e. The minimum atomic E-state index is -0.229. The Morgan fingerprint density at radius 2 is 1.86 bits per heavy atom. The number of nitrogens with zero attached hydrogens (tertiary/aromatic N) is 1. The molecule has 3 N–H and O–H groups in total. The van der Waals surface area contributed by atoms with Crippen LogP contribution < -0.4 is 10.6 Å². The highest BCUT2D eigenvalue weighted by molar-refractivity contribution is 5.73. The maximum atomic E-state index is 11.8. The van der Waals surface area contributed by atoms with E-state index < -0.39 is 0 Å². The summed E-state index contributed by atoms with van der Waals surface area (Å²) in [6, 6.07) is -0.0786. The van der Waals surface area contributed by atoms with Gasteiger partial charge in [0.25, 0.3) is 0 Å². The number of nitrogens with one attached hydrogen (secondary N) is 2. The zero-order valence-corrected chi connectivity index (χ0v) is 13.3. The largest absolute Gasteiger partial charge is 0.393 e. The van der Waals surface area contributed by atoms with Gasteiger partial charge in [0.05, 0.1) is 6.10 Å². The molecule has 2 aliphatic rings. The van der Waals surface area contributed by atoms with Crippen LogP contribution in [0.3, 0.4) is 0 Å². The van der Waals surface area contributed by atoms with Crippen molar-refractivity contribution in [2.45, 2.75) is 51.6 Å². The standard InChI is InChI=1S/C16H31N3O2/c1-2-8-19-9-6-13(7-10-19)11-17-16(21)18-12-14-4-3-5-15(14)20/h13-15,20H,2-12H2,1H3,(H2,17,18,21)/t14-,15-/m0/s1. The molecular weight excluding hydrogens is 266 g/mol. The third-order valence-corrected chi connectivity index (χ3v) is 4.94. The fourth-order valence-corrected chi connectivity index (χ4v) is 3.51. The van der Waals surface area contributed by atoms with E-state index >= 15 is 0 Å². The number of hydrogen-bond donors (Lipinski definition) is 3. The first-order valence-electron chi connectivity index (χ1n) is 8.61. The second kappa shape index (κ2) is 8.59. The van der Waals surface area contributed by atoms with Gasteiger partial charge in [0, 0.05) is 19.0 Å². The fraction of sp³-hybridized carbons (Fsp3) is 0.938. The topological polar surface area (TPSA) is 64.6 Å². The normalized spacial score (nSPS) is 27.7. The van der Waals surface area contributed by atoms with Gasteiger partial charge in [0.1, 0.15) is 0 Å². The van der Waals surface area contributed by atoms with E-state index in [9.17, 15) is 9.90 Å². The Labute approximate surface area is 128 Å². The molecule has 5 heteroatoms. The lowest BCUT2D eigenvalue weighted by molar-refractivity contribution is 0.132. The van der Waals surface area contributed by atoms with Crippen LogP contribution in [0, 0.1) is 11.8 Å². The fourth-order valence-electron chi connectivity index (χ4n) is 3.51. The van der Waals surface area contributed by atoms with E-state index in [1.807, 2.05) is 0 Å². The lowest BCUT2D eigenvalue weighted by Gasteiger charge is -2.31. The van der Waals surface area contributed by atoms with Gasteiger partial charge in [-0.2, -0.15) is 0 Å². The summed E-state index contributed by atoms with van der Waals surface area (Å²) >= 11 is 0. The molecule has 0 spiro atoms. The highest BCUT2D eigenvalue weighted by Gasteiger charge is 2.25. The Hall–Kier alpha value is -0.810. The van der Waals surface area contributed by atoms with E-state index in [-0.39, 0.29) is 18.1 Å². The van der Waals surface area contributed by atoms with Crippen LogP contribution in [0.5, 0.6) is 0 Å². The van der Waals surface area contributed by atoms with Crippen molar-refractivity contribution in [3.05, 3.63) is 0 Å². The van der Waals surface area contributed by atoms with Gasteiger partial charge in [-0.05, 0) is 57.7 Å². The average Bonchev–Trinajstić information content (AvgIpc) is 2.90. The Morgan fingerprint density at radius 1 is 1.14 bits per heavy atom. The molecular formula is C16H31N3O2. The van der Waals surface area contributed by atoms with Crippen molar-refractivity contribution in [1.82, 2.24) is 15.5 Å². The smallest absolute Gasteiger partial charge is 0.314 e. The van der Waals surface area contributed by atoms with Crippen LogP contribution in [-0.2, 0) is 0 Å². The van der Waals surface area contributed by atoms with E-state index in [1.54, 1.807) is 0 Å². The lowest BCUT2D eigenvalue weighted by atomic mass is 9.97. The highest BCUT2D eigenvalue weighted by Crippen LogP contribution is 2.24. The van der Waals surface area contributed by atoms with Gasteiger partial charge in [-0.1, -0.05) is 13.3 Å². The summed E-state index contributed by atoms with van der Waals surface area (Å²) in [5.74, 6) is 0.856. The molecule has 2 rings (SSSR count). The number of urea groups is 1. The molecule has 2 fully saturated rings. The lowest BCUT2D eigenvalue weighted by Crippen LogP contribution is -2.43. The quantitative estimate of drug-likeness (QED) is 0.697. The molecule has 0 aromatic rings. The van der Waals surface area contributed by atoms with Crippen molar-refractivity contribution in [3.8, 4) is 0 Å². The SMILES string of the molecule is CCCN1CCC(CNC(=O)NC[C@@H]2CCC[C@@H]2O)CC1. The van der Waals surface area contributed by atoms with Gasteiger partial charge in [-0.3, -0.25) is 0 Å². The molecule has 1 heterocycles. The minimum Gasteiger partial charge on any atom is -0.393 e. The monoisotopic (exact) mass is 297 g/mol. The Kier molecular flexibility index (Phi) is 6.77. The molecule has 0 radical (unpaired) electrons. The minimum absolute atomic E-state index is 0.0786. The van der Waals surface area contributed by atoms with Crippen molar-refractivity contribution in [2.24, 2.45) is 11.8 Å². The van der Waals surface area contributed by atoms with Crippen LogP contribution in [0.15, 0.2) is 0 Å². The first-order chi connectivity index (χ1) is 10.2. The number of hydrogen-bond acceptors (Lipinski definition) is 3. The molecule has 1 aliphatic heterocycles. The molecule has 1 aliphatic carbocycles. The molecule has 1 saturated carbocycles. The molecule has 0 bridgehead atoms. The Morgan fingerprint density at radius 3 is 2.48 bits per heavy atom. The number of amides is 2. The third kappa shape index (κ3) is 5.47. The zero-order valence-electron chi connectivity index (χ0n) is 13.3. The van der Waals surface area contributed by atoms with Gasteiger partial charge in [-0.15, -0.1) is 0 Å². The molecule has 5 nitrogen and oxygen atoms in total. The molecule has 0 aromatic heterocycles. The van der Waals surface area contributed by atoms with Crippen molar-refractivity contribution in [3.63, 3.8) is 0 Å². The molecule has 2 amide bonds. The summed E-state index contributed by atoms with van der Waals surface area (Å²) in [6.45, 7) is 7.12. The highest BCUT2D eigenvalue weighted by atomic mass is 16.3. The number of aliphatic hydroxyl groups is 1. The molecule has 2 atom stereocenters. The summed E-state index contributed by atoms with van der Waals surface area (Å²) in [4.78, 5) is 14.3. The first kappa shape index (κ1) is 16.6. The van der Waals surface area contributed by atoms with Crippen LogP contribution in [-0.4, -0.2) is 54.9 Å². The second-order valence-electron chi connectivity index (χ2n) is 6.63.